The minimum atomic E-state index is -0.0496. The summed E-state index contributed by atoms with van der Waals surface area (Å²) in [7, 11) is 0. The summed E-state index contributed by atoms with van der Waals surface area (Å²) in [5.41, 5.74) is 0.718. The molecule has 2 aromatic rings. The molecule has 1 N–H and O–H groups in total. The maximum atomic E-state index is 12.3. The number of amides is 1. The van der Waals surface area contributed by atoms with Crippen molar-refractivity contribution in [3.8, 4) is 0 Å². The monoisotopic (exact) mass is 254 g/mol. The van der Waals surface area contributed by atoms with Crippen molar-refractivity contribution in [3.63, 3.8) is 0 Å². The lowest BCUT2D eigenvalue weighted by atomic mass is 10.0. The Morgan fingerprint density at radius 1 is 1.16 bits per heavy atom. The first-order chi connectivity index (χ1) is 9.08. The van der Waals surface area contributed by atoms with Crippen LogP contribution >= 0.6 is 0 Å². The molecule has 0 aromatic heterocycles. The summed E-state index contributed by atoms with van der Waals surface area (Å²) in [6, 6.07) is 13.7. The van der Waals surface area contributed by atoms with E-state index in [1.165, 1.54) is 0 Å². The first kappa shape index (κ1) is 13.6. The van der Waals surface area contributed by atoms with Crippen LogP contribution in [0.3, 0.4) is 0 Å². The van der Waals surface area contributed by atoms with Gasteiger partial charge in [-0.1, -0.05) is 50.2 Å². The Morgan fingerprint density at radius 2 is 1.84 bits per heavy atom. The highest BCUT2D eigenvalue weighted by molar-refractivity contribution is 6.07. The van der Waals surface area contributed by atoms with Crippen LogP contribution in [0, 0.1) is 12.8 Å². The second kappa shape index (κ2) is 5.87. The van der Waals surface area contributed by atoms with Gasteiger partial charge in [0.15, 0.2) is 0 Å². The van der Waals surface area contributed by atoms with E-state index >= 15 is 0 Å². The van der Waals surface area contributed by atoms with Gasteiger partial charge in [0.2, 0.25) is 0 Å². The molecule has 0 heterocycles. The zero-order valence-corrected chi connectivity index (χ0v) is 11.5. The van der Waals surface area contributed by atoms with Crippen LogP contribution in [0.4, 0.5) is 0 Å². The third kappa shape index (κ3) is 3.34. The molecule has 0 aliphatic carbocycles. The van der Waals surface area contributed by atoms with Gasteiger partial charge in [-0.2, -0.15) is 0 Å². The largest absolute Gasteiger partial charge is 0.349 e. The Balaban J connectivity index is 2.22. The average molecular weight is 254 g/mol. The Kier molecular flexibility index (Phi) is 4.20. The summed E-state index contributed by atoms with van der Waals surface area (Å²) >= 11 is 0. The van der Waals surface area contributed by atoms with E-state index in [4.69, 9.17) is 0 Å². The predicted molar refractivity (Wildman–Crippen MR) is 80.0 cm³/mol. The number of rotatable bonds is 4. The van der Waals surface area contributed by atoms with Gasteiger partial charge in [-0.05, 0) is 36.1 Å². The molecule has 19 heavy (non-hydrogen) atoms. The fraction of sp³-hybridized carbons (Fsp3) is 0.294. The number of nitrogens with one attached hydrogen (secondary N) is 1. The van der Waals surface area contributed by atoms with Crippen LogP contribution in [0.5, 0.6) is 0 Å². The van der Waals surface area contributed by atoms with Crippen LogP contribution in [0.25, 0.3) is 10.8 Å². The number of benzene rings is 2. The predicted octanol–water partition coefficient (Wildman–Crippen LogP) is 3.82. The van der Waals surface area contributed by atoms with Crippen molar-refractivity contribution in [2.24, 2.45) is 5.92 Å². The molecule has 2 nitrogen and oxygen atoms in total. The van der Waals surface area contributed by atoms with Crippen molar-refractivity contribution in [2.75, 3.05) is 0 Å². The molecule has 2 heteroatoms. The molecule has 0 saturated carbocycles. The summed E-state index contributed by atoms with van der Waals surface area (Å²) in [6.45, 7) is 8.25. The first-order valence-electron chi connectivity index (χ1n) is 6.69. The molecule has 0 aliphatic rings. The van der Waals surface area contributed by atoms with Gasteiger partial charge in [0.25, 0.3) is 5.91 Å². The number of hydrogen-bond acceptors (Lipinski definition) is 1. The second-order valence-electron chi connectivity index (χ2n) is 5.33. The summed E-state index contributed by atoms with van der Waals surface area (Å²) in [4.78, 5) is 12.3. The van der Waals surface area contributed by atoms with Crippen LogP contribution in [-0.2, 0) is 0 Å². The van der Waals surface area contributed by atoms with Gasteiger partial charge in [0.05, 0.1) is 0 Å². The zero-order valence-electron chi connectivity index (χ0n) is 11.5. The molecule has 0 spiro atoms. The van der Waals surface area contributed by atoms with Gasteiger partial charge in [0, 0.05) is 11.6 Å². The molecule has 1 amide bonds. The minimum Gasteiger partial charge on any atom is -0.349 e. The Morgan fingerprint density at radius 3 is 2.58 bits per heavy atom. The van der Waals surface area contributed by atoms with Crippen molar-refractivity contribution in [1.29, 1.82) is 0 Å². The molecule has 99 valence electrons. The normalized spacial score (nSPS) is 12.6. The lowest BCUT2D eigenvalue weighted by Crippen LogP contribution is -2.33. The van der Waals surface area contributed by atoms with Gasteiger partial charge < -0.3 is 5.32 Å². The third-order valence-electron chi connectivity index (χ3n) is 3.13. The van der Waals surface area contributed by atoms with E-state index in [9.17, 15) is 4.79 Å². The van der Waals surface area contributed by atoms with E-state index in [1.807, 2.05) is 42.5 Å². The lowest BCUT2D eigenvalue weighted by Gasteiger charge is -2.16. The molecule has 1 atom stereocenters. The molecule has 0 bridgehead atoms. The van der Waals surface area contributed by atoms with E-state index in [2.05, 4.69) is 26.1 Å². The molecule has 2 rings (SSSR count). The Bertz CT molecular complexity index is 569. The fourth-order valence-corrected chi connectivity index (χ4v) is 2.31. The van der Waals surface area contributed by atoms with Gasteiger partial charge in [-0.25, -0.2) is 0 Å². The molecule has 2 aromatic carbocycles. The highest BCUT2D eigenvalue weighted by Gasteiger charge is 2.13. The number of hydrogen-bond donors (Lipinski definition) is 1. The topological polar surface area (TPSA) is 29.1 Å². The highest BCUT2D eigenvalue weighted by atomic mass is 16.1. The smallest absolute Gasteiger partial charge is 0.252 e. The summed E-state index contributed by atoms with van der Waals surface area (Å²) < 4.78 is 0. The maximum Gasteiger partial charge on any atom is 0.252 e. The standard InChI is InChI=1S/C17H20NO/c1-12(2)11-13(3)18-17(19)16-10-6-8-14-7-4-5-9-15(14)16/h4-10,12-13H,3,11H2,1-2H3,(H,18,19). The van der Waals surface area contributed by atoms with Crippen LogP contribution in [0.1, 0.15) is 30.6 Å². The second-order valence-corrected chi connectivity index (χ2v) is 5.33. The molecular weight excluding hydrogens is 234 g/mol. The van der Waals surface area contributed by atoms with E-state index in [1.54, 1.807) is 0 Å². The van der Waals surface area contributed by atoms with Crippen LogP contribution < -0.4 is 5.32 Å². The lowest BCUT2D eigenvalue weighted by molar-refractivity contribution is 0.0942. The summed E-state index contributed by atoms with van der Waals surface area (Å²) in [6.07, 6.45) is 0.885. The Labute approximate surface area is 114 Å². The van der Waals surface area contributed by atoms with E-state index < -0.39 is 0 Å². The van der Waals surface area contributed by atoms with Crippen LogP contribution in [-0.4, -0.2) is 11.9 Å². The average Bonchev–Trinajstić information content (AvgIpc) is 2.36. The minimum absolute atomic E-state index is 0.0440. The molecule has 0 fully saturated rings. The molecule has 1 unspecified atom stereocenters. The molecule has 0 saturated heterocycles. The van der Waals surface area contributed by atoms with E-state index in [-0.39, 0.29) is 11.9 Å². The van der Waals surface area contributed by atoms with Crippen molar-refractivity contribution in [2.45, 2.75) is 26.3 Å². The van der Waals surface area contributed by atoms with E-state index in [0.29, 0.717) is 5.92 Å². The van der Waals surface area contributed by atoms with Crippen LogP contribution in [0.15, 0.2) is 42.5 Å². The van der Waals surface area contributed by atoms with Gasteiger partial charge in [-0.15, -0.1) is 0 Å². The highest BCUT2D eigenvalue weighted by Crippen LogP contribution is 2.18. The quantitative estimate of drug-likeness (QED) is 0.883. The molecular formula is C17H20NO. The Hall–Kier alpha value is -1.83. The number of carbonyl (C=O) groups excluding carboxylic acids is 1. The SMILES string of the molecule is [CH2]C(CC(C)C)NC(=O)c1cccc2ccccc12. The van der Waals surface area contributed by atoms with E-state index in [0.717, 1.165) is 22.8 Å². The van der Waals surface area contributed by atoms with Gasteiger partial charge >= 0.3 is 0 Å². The fourth-order valence-electron chi connectivity index (χ4n) is 2.31. The number of carbonyl (C=O) groups is 1. The van der Waals surface area contributed by atoms with Crippen molar-refractivity contribution >= 4 is 16.7 Å². The van der Waals surface area contributed by atoms with Gasteiger partial charge in [0.1, 0.15) is 0 Å². The van der Waals surface area contributed by atoms with Gasteiger partial charge in [-0.3, -0.25) is 4.79 Å². The molecule has 1 radical (unpaired) electrons. The maximum absolute atomic E-state index is 12.3. The third-order valence-corrected chi connectivity index (χ3v) is 3.13. The summed E-state index contributed by atoms with van der Waals surface area (Å²) in [5.74, 6) is 0.479. The summed E-state index contributed by atoms with van der Waals surface area (Å²) in [5, 5.41) is 5.04. The molecule has 0 aliphatic heterocycles. The van der Waals surface area contributed by atoms with Crippen molar-refractivity contribution in [1.82, 2.24) is 5.32 Å². The first-order valence-corrected chi connectivity index (χ1v) is 6.69. The number of fused-ring (bicyclic) bond motifs is 1. The zero-order chi connectivity index (χ0) is 13.8. The van der Waals surface area contributed by atoms with Crippen molar-refractivity contribution < 1.29 is 4.79 Å². The van der Waals surface area contributed by atoms with Crippen molar-refractivity contribution in [3.05, 3.63) is 55.0 Å². The van der Waals surface area contributed by atoms with Crippen LogP contribution in [0.2, 0.25) is 0 Å².